The van der Waals surface area contributed by atoms with Gasteiger partial charge in [-0.15, -0.1) is 0 Å². The Hall–Kier alpha value is -1.77. The highest BCUT2D eigenvalue weighted by Crippen LogP contribution is 2.43. The van der Waals surface area contributed by atoms with E-state index in [1.807, 2.05) is 0 Å². The molecule has 514 valence electrons. The van der Waals surface area contributed by atoms with Gasteiger partial charge in [0.1, 0.15) is 6.61 Å². The van der Waals surface area contributed by atoms with E-state index in [1.54, 1.807) is 0 Å². The Morgan fingerprint density at radius 2 is 0.598 bits per heavy atom. The lowest BCUT2D eigenvalue weighted by Crippen LogP contribution is -2.29. The molecule has 0 aromatic rings. The third-order valence-corrected chi connectivity index (χ3v) is 18.5. The summed E-state index contributed by atoms with van der Waals surface area (Å²) in [7, 11) is -4.39. The average molecular weight is 1250 g/mol. The number of carbonyl (C=O) groups excluding carboxylic acids is 2. The second-order valence-corrected chi connectivity index (χ2v) is 27.7. The van der Waals surface area contributed by atoms with Crippen molar-refractivity contribution in [3.63, 3.8) is 0 Å². The van der Waals surface area contributed by atoms with E-state index in [1.165, 1.54) is 340 Å². The van der Waals surface area contributed by atoms with Gasteiger partial charge < -0.3 is 20.1 Å². The van der Waals surface area contributed by atoms with E-state index in [2.05, 4.69) is 50.3 Å². The van der Waals surface area contributed by atoms with E-state index in [4.69, 9.17) is 24.3 Å². The molecule has 0 aromatic heterocycles. The predicted octanol–water partition coefficient (Wildman–Crippen LogP) is 25.4. The Morgan fingerprint density at radius 3 is 0.885 bits per heavy atom. The van der Waals surface area contributed by atoms with Gasteiger partial charge in [-0.25, -0.2) is 4.57 Å². The van der Waals surface area contributed by atoms with E-state index >= 15 is 0 Å². The molecule has 0 radical (unpaired) electrons. The van der Waals surface area contributed by atoms with Crippen LogP contribution in [0.2, 0.25) is 0 Å². The first kappa shape index (κ1) is 85.2. The first-order valence-electron chi connectivity index (χ1n) is 38.5. The molecule has 0 rings (SSSR count). The summed E-state index contributed by atoms with van der Waals surface area (Å²) in [5, 5.41) is 0. The third kappa shape index (κ3) is 73.2. The summed E-state index contributed by atoms with van der Waals surface area (Å²) in [6.07, 6.45) is 92.8. The molecule has 0 aliphatic carbocycles. The summed E-state index contributed by atoms with van der Waals surface area (Å²) in [6, 6.07) is 0. The topological polar surface area (TPSA) is 134 Å². The molecule has 0 saturated heterocycles. The monoisotopic (exact) mass is 1250 g/mol. The van der Waals surface area contributed by atoms with Gasteiger partial charge in [0.25, 0.3) is 0 Å². The van der Waals surface area contributed by atoms with Crippen molar-refractivity contribution >= 4 is 19.8 Å². The Balaban J connectivity index is 3.77. The van der Waals surface area contributed by atoms with Gasteiger partial charge in [-0.2, -0.15) is 0 Å². The normalized spacial score (nSPS) is 13.0. The fourth-order valence-electron chi connectivity index (χ4n) is 11.8. The van der Waals surface area contributed by atoms with Gasteiger partial charge in [-0.1, -0.05) is 365 Å². The Kier molecular flexibility index (Phi) is 71.8. The van der Waals surface area contributed by atoms with Gasteiger partial charge in [0, 0.05) is 19.4 Å². The van der Waals surface area contributed by atoms with Crippen LogP contribution in [0, 0.1) is 0 Å². The highest BCUT2D eigenvalue weighted by atomic mass is 31.2. The van der Waals surface area contributed by atoms with E-state index in [0.717, 1.165) is 38.5 Å². The second-order valence-electron chi connectivity index (χ2n) is 26.2. The van der Waals surface area contributed by atoms with Crippen molar-refractivity contribution in [3.8, 4) is 0 Å². The number of esters is 2. The molecule has 0 fully saturated rings. The maximum absolute atomic E-state index is 12.8. The summed E-state index contributed by atoms with van der Waals surface area (Å²) in [6.45, 7) is 3.82. The van der Waals surface area contributed by atoms with Crippen molar-refractivity contribution in [1.82, 2.24) is 0 Å². The Labute approximate surface area is 541 Å². The molecule has 10 heteroatoms. The van der Waals surface area contributed by atoms with Gasteiger partial charge in [-0.05, 0) is 70.6 Å². The molecule has 0 bridgehead atoms. The first-order valence-corrected chi connectivity index (χ1v) is 40.0. The second kappa shape index (κ2) is 73.3. The number of ether oxygens (including phenoxy) is 2. The number of nitrogens with two attached hydrogens (primary N) is 1. The standard InChI is InChI=1S/C77H148NO8P/c1-3-5-7-9-11-13-15-17-19-21-23-25-27-29-31-33-35-36-37-38-40-41-43-45-47-49-51-53-55-57-59-61-63-65-67-69-76(79)83-73-75(74-85-87(81,82)84-72-71-78)86-77(80)70-68-66-64-62-60-58-56-54-52-50-48-46-44-42-39-34-32-30-28-26-24-22-20-18-16-14-12-10-8-6-4-2/h16,18,21-24,75H,3-15,17,19-20,25-74,78H2,1-2H3,(H,81,82)/b18-16-,23-21-,24-22-. The zero-order valence-electron chi connectivity index (χ0n) is 58.0. The largest absolute Gasteiger partial charge is 0.472 e. The van der Waals surface area contributed by atoms with Crippen molar-refractivity contribution in [3.05, 3.63) is 36.5 Å². The first-order chi connectivity index (χ1) is 42.8. The quantitative estimate of drug-likeness (QED) is 0.0264. The van der Waals surface area contributed by atoms with E-state index in [0.29, 0.717) is 6.42 Å². The molecule has 0 saturated carbocycles. The molecule has 0 heterocycles. The molecule has 87 heavy (non-hydrogen) atoms. The van der Waals surface area contributed by atoms with Crippen molar-refractivity contribution in [2.45, 2.75) is 418 Å². The van der Waals surface area contributed by atoms with Crippen LogP contribution in [0.4, 0.5) is 0 Å². The van der Waals surface area contributed by atoms with Crippen LogP contribution < -0.4 is 5.73 Å². The number of phosphoric acid groups is 1. The number of hydrogen-bond acceptors (Lipinski definition) is 8. The molecule has 0 aliphatic heterocycles. The van der Waals surface area contributed by atoms with Gasteiger partial charge in [-0.3, -0.25) is 18.6 Å². The maximum Gasteiger partial charge on any atom is 0.472 e. The van der Waals surface area contributed by atoms with Crippen LogP contribution in [0.5, 0.6) is 0 Å². The van der Waals surface area contributed by atoms with Gasteiger partial charge >= 0.3 is 19.8 Å². The number of rotatable bonds is 74. The molecule has 3 N–H and O–H groups in total. The number of allylic oxidation sites excluding steroid dienone is 6. The fourth-order valence-corrected chi connectivity index (χ4v) is 12.6. The Morgan fingerprint density at radius 1 is 0.345 bits per heavy atom. The zero-order valence-corrected chi connectivity index (χ0v) is 58.9. The zero-order chi connectivity index (χ0) is 63.0. The van der Waals surface area contributed by atoms with E-state index < -0.39 is 26.5 Å². The molecular formula is C77H148NO8P. The minimum atomic E-state index is -4.39. The van der Waals surface area contributed by atoms with Crippen LogP contribution in [0.25, 0.3) is 0 Å². The number of phosphoric ester groups is 1. The minimum Gasteiger partial charge on any atom is -0.462 e. The van der Waals surface area contributed by atoms with Gasteiger partial charge in [0.05, 0.1) is 13.2 Å². The van der Waals surface area contributed by atoms with Crippen LogP contribution >= 0.6 is 7.82 Å². The highest BCUT2D eigenvalue weighted by Gasteiger charge is 2.26. The molecular weight excluding hydrogens is 1100 g/mol. The average Bonchev–Trinajstić information content (AvgIpc) is 3.66. The van der Waals surface area contributed by atoms with E-state index in [9.17, 15) is 19.0 Å². The minimum absolute atomic E-state index is 0.0564. The van der Waals surface area contributed by atoms with Crippen molar-refractivity contribution in [1.29, 1.82) is 0 Å². The van der Waals surface area contributed by atoms with Crippen molar-refractivity contribution in [2.75, 3.05) is 26.4 Å². The molecule has 0 aromatic carbocycles. The number of hydrogen-bond donors (Lipinski definition) is 2. The van der Waals surface area contributed by atoms with Crippen LogP contribution in [-0.4, -0.2) is 49.3 Å². The summed E-state index contributed by atoms with van der Waals surface area (Å²) < 4.78 is 33.3. The van der Waals surface area contributed by atoms with Gasteiger partial charge in [0.2, 0.25) is 0 Å². The SMILES string of the molecule is CCCCCCC/C=C\C/C=C\CCCCCCCCCCCCCCCCCCCCCC(=O)OC(COC(=O)CCCCCCCCCCCCCCCCCCCCCCCCC/C=C\CCCCCCCCCC)COP(=O)(O)OCCN. The molecule has 9 nitrogen and oxygen atoms in total. The third-order valence-electron chi connectivity index (χ3n) is 17.5. The lowest BCUT2D eigenvalue weighted by molar-refractivity contribution is -0.161. The summed E-state index contributed by atoms with van der Waals surface area (Å²) >= 11 is 0. The summed E-state index contributed by atoms with van der Waals surface area (Å²) in [5.41, 5.74) is 5.41. The summed E-state index contributed by atoms with van der Waals surface area (Å²) in [5.74, 6) is -0.802. The van der Waals surface area contributed by atoms with Gasteiger partial charge in [0.15, 0.2) is 6.10 Å². The number of carbonyl (C=O) groups is 2. The maximum atomic E-state index is 12.8. The van der Waals surface area contributed by atoms with Crippen LogP contribution in [-0.2, 0) is 32.7 Å². The molecule has 0 spiro atoms. The Bertz CT molecular complexity index is 1520. The van der Waals surface area contributed by atoms with Crippen LogP contribution in [0.3, 0.4) is 0 Å². The van der Waals surface area contributed by atoms with Crippen molar-refractivity contribution < 1.29 is 37.6 Å². The van der Waals surface area contributed by atoms with Crippen LogP contribution in [0.1, 0.15) is 412 Å². The highest BCUT2D eigenvalue weighted by molar-refractivity contribution is 7.47. The molecule has 2 atom stereocenters. The lowest BCUT2D eigenvalue weighted by atomic mass is 10.0. The smallest absolute Gasteiger partial charge is 0.462 e. The molecule has 2 unspecified atom stereocenters. The van der Waals surface area contributed by atoms with E-state index in [-0.39, 0.29) is 38.6 Å². The summed E-state index contributed by atoms with van der Waals surface area (Å²) in [4.78, 5) is 35.4. The lowest BCUT2D eigenvalue weighted by Gasteiger charge is -2.19. The molecule has 0 amide bonds. The predicted molar refractivity (Wildman–Crippen MR) is 377 cm³/mol. The van der Waals surface area contributed by atoms with Crippen LogP contribution in [0.15, 0.2) is 36.5 Å². The fraction of sp³-hybridized carbons (Fsp3) is 0.896. The van der Waals surface area contributed by atoms with Crippen molar-refractivity contribution in [2.24, 2.45) is 5.73 Å². The molecule has 0 aliphatic rings. The number of unbranched alkanes of at least 4 members (excludes halogenated alkanes) is 55.